The highest BCUT2D eigenvalue weighted by atomic mass is 19.1. The summed E-state index contributed by atoms with van der Waals surface area (Å²) in [6.07, 6.45) is 4.98. The summed E-state index contributed by atoms with van der Waals surface area (Å²) in [4.78, 5) is 45.6. The van der Waals surface area contributed by atoms with Crippen LogP contribution in [0.25, 0.3) is 0 Å². The van der Waals surface area contributed by atoms with Crippen LogP contribution >= 0.6 is 0 Å². The van der Waals surface area contributed by atoms with Crippen LogP contribution in [0.1, 0.15) is 92.1 Å². The number of benzene rings is 1. The maximum Gasteiger partial charge on any atom is 0.245 e. The van der Waals surface area contributed by atoms with Gasteiger partial charge in [0, 0.05) is 63.2 Å². The lowest BCUT2D eigenvalue weighted by Crippen LogP contribution is -2.60. The third-order valence-corrected chi connectivity index (χ3v) is 9.87. The van der Waals surface area contributed by atoms with E-state index in [1.165, 1.54) is 19.1 Å². The highest BCUT2D eigenvalue weighted by Gasteiger charge is 2.46. The molecular weight excluding hydrogens is 538 g/mol. The minimum Gasteiger partial charge on any atom is -0.345 e. The molecule has 1 aromatic carbocycles. The van der Waals surface area contributed by atoms with Crippen molar-refractivity contribution in [2.24, 2.45) is 17.3 Å². The van der Waals surface area contributed by atoms with E-state index < -0.39 is 29.5 Å². The van der Waals surface area contributed by atoms with E-state index in [9.17, 15) is 23.2 Å². The van der Waals surface area contributed by atoms with Crippen LogP contribution in [0.15, 0.2) is 18.2 Å². The zero-order chi connectivity index (χ0) is 31.0. The van der Waals surface area contributed by atoms with Crippen molar-refractivity contribution in [2.75, 3.05) is 32.7 Å². The summed E-state index contributed by atoms with van der Waals surface area (Å²) in [6, 6.07) is 2.82. The van der Waals surface area contributed by atoms with Crippen molar-refractivity contribution >= 4 is 17.7 Å². The van der Waals surface area contributed by atoms with Gasteiger partial charge in [-0.1, -0.05) is 19.9 Å². The molecule has 4 atom stereocenters. The summed E-state index contributed by atoms with van der Waals surface area (Å²) in [6.45, 7) is 16.3. The molecule has 9 heteroatoms. The van der Waals surface area contributed by atoms with Gasteiger partial charge in [0.25, 0.3) is 0 Å². The molecule has 2 aliphatic heterocycles. The second kappa shape index (κ2) is 12.6. The number of halogens is 2. The molecule has 42 heavy (non-hydrogen) atoms. The Morgan fingerprint density at radius 3 is 2.29 bits per heavy atom. The van der Waals surface area contributed by atoms with Crippen molar-refractivity contribution < 1.29 is 23.2 Å². The Morgan fingerprint density at radius 2 is 1.71 bits per heavy atom. The molecule has 0 unspecified atom stereocenters. The van der Waals surface area contributed by atoms with Crippen LogP contribution < -0.4 is 5.32 Å². The number of likely N-dealkylation sites (tertiary alicyclic amines) is 1. The predicted octanol–water partition coefficient (Wildman–Crippen LogP) is 4.95. The number of amides is 3. The number of nitrogens with zero attached hydrogens (tertiary/aromatic N) is 3. The Kier molecular flexibility index (Phi) is 9.70. The zero-order valence-corrected chi connectivity index (χ0v) is 26.5. The molecule has 1 N–H and O–H groups in total. The maximum atomic E-state index is 14.9. The van der Waals surface area contributed by atoms with E-state index >= 15 is 0 Å². The molecule has 3 aliphatic rings. The molecule has 234 valence electrons. The molecule has 1 aromatic rings. The van der Waals surface area contributed by atoms with Gasteiger partial charge in [-0.25, -0.2) is 8.78 Å². The number of hydrogen-bond donors (Lipinski definition) is 1. The molecule has 3 fully saturated rings. The van der Waals surface area contributed by atoms with Crippen molar-refractivity contribution in [3.05, 3.63) is 35.4 Å². The number of carbonyl (C=O) groups excluding carboxylic acids is 3. The third-order valence-electron chi connectivity index (χ3n) is 9.87. The van der Waals surface area contributed by atoms with Crippen LogP contribution in [0.3, 0.4) is 0 Å². The van der Waals surface area contributed by atoms with Gasteiger partial charge >= 0.3 is 0 Å². The van der Waals surface area contributed by atoms with Gasteiger partial charge in [-0.15, -0.1) is 0 Å². The normalized spacial score (nSPS) is 26.3. The highest BCUT2D eigenvalue weighted by Crippen LogP contribution is 2.41. The zero-order valence-electron chi connectivity index (χ0n) is 26.5. The first-order valence-corrected chi connectivity index (χ1v) is 15.6. The smallest absolute Gasteiger partial charge is 0.245 e. The first-order chi connectivity index (χ1) is 19.6. The van der Waals surface area contributed by atoms with E-state index in [-0.39, 0.29) is 29.3 Å². The first-order valence-electron chi connectivity index (χ1n) is 15.6. The summed E-state index contributed by atoms with van der Waals surface area (Å²) in [5.41, 5.74) is 0.479. The maximum absolute atomic E-state index is 14.9. The van der Waals surface area contributed by atoms with Crippen molar-refractivity contribution in [3.8, 4) is 0 Å². The topological polar surface area (TPSA) is 73.0 Å². The number of nitrogens with one attached hydrogen (secondary N) is 1. The number of carbonyl (C=O) groups is 3. The molecule has 0 bridgehead atoms. The fourth-order valence-corrected chi connectivity index (χ4v) is 7.13. The molecule has 2 heterocycles. The lowest BCUT2D eigenvalue weighted by molar-refractivity contribution is -0.147. The van der Waals surface area contributed by atoms with E-state index in [1.54, 1.807) is 4.90 Å². The standard InChI is InChI=1S/C33H50F2N4O3/c1-21-18-37(31(42)29(36-22(2)40)16-23-10-12-33(6,7)13-11-23)14-15-39(21)30(41)27-20-38(32(3,4)5)19-26(27)25-9-8-24(34)17-28(25)35/h8-9,17,21,23,26-27,29H,10-16,18-20H2,1-7H3,(H,36,40)/t21-,26-,27+,29-/m0/s1. The molecule has 1 saturated carbocycles. The summed E-state index contributed by atoms with van der Waals surface area (Å²) in [5, 5.41) is 2.91. The number of rotatable bonds is 6. The molecule has 2 saturated heterocycles. The second-order valence-electron chi connectivity index (χ2n) is 14.7. The lowest BCUT2D eigenvalue weighted by Gasteiger charge is -2.43. The van der Waals surface area contributed by atoms with Crippen LogP contribution in [0.4, 0.5) is 8.78 Å². The third kappa shape index (κ3) is 7.50. The average molecular weight is 589 g/mol. The monoisotopic (exact) mass is 588 g/mol. The molecule has 0 spiro atoms. The first kappa shape index (κ1) is 32.4. The molecule has 4 rings (SSSR count). The van der Waals surface area contributed by atoms with E-state index in [0.717, 1.165) is 31.7 Å². The Labute approximate surface area is 250 Å². The summed E-state index contributed by atoms with van der Waals surface area (Å²) >= 11 is 0. The van der Waals surface area contributed by atoms with Crippen LogP contribution in [0.5, 0.6) is 0 Å². The van der Waals surface area contributed by atoms with Crippen LogP contribution in [0.2, 0.25) is 0 Å². The van der Waals surface area contributed by atoms with Gasteiger partial charge in [-0.2, -0.15) is 0 Å². The van der Waals surface area contributed by atoms with Gasteiger partial charge in [0.15, 0.2) is 0 Å². The van der Waals surface area contributed by atoms with E-state index in [1.807, 2.05) is 11.8 Å². The quantitative estimate of drug-likeness (QED) is 0.511. The van der Waals surface area contributed by atoms with Gasteiger partial charge < -0.3 is 15.1 Å². The SMILES string of the molecule is CC(=O)N[C@@H](CC1CCC(C)(C)CC1)C(=O)N1CCN(C(=O)[C@@H]2CN(C(C)(C)C)C[C@H]2c2ccc(F)cc2F)[C@@H](C)C1. The van der Waals surface area contributed by atoms with Gasteiger partial charge in [0.1, 0.15) is 17.7 Å². The van der Waals surface area contributed by atoms with E-state index in [0.29, 0.717) is 56.0 Å². The van der Waals surface area contributed by atoms with Crippen LogP contribution in [0, 0.1) is 28.9 Å². The largest absolute Gasteiger partial charge is 0.345 e. The summed E-state index contributed by atoms with van der Waals surface area (Å²) in [7, 11) is 0. The Bertz CT molecular complexity index is 1160. The Morgan fingerprint density at radius 1 is 1.05 bits per heavy atom. The van der Waals surface area contributed by atoms with Gasteiger partial charge in [-0.05, 0) is 82.8 Å². The number of piperazine rings is 1. The van der Waals surface area contributed by atoms with Crippen LogP contribution in [-0.4, -0.2) is 82.8 Å². The molecule has 3 amide bonds. The van der Waals surface area contributed by atoms with E-state index in [4.69, 9.17) is 0 Å². The fourth-order valence-electron chi connectivity index (χ4n) is 7.13. The predicted molar refractivity (Wildman–Crippen MR) is 160 cm³/mol. The summed E-state index contributed by atoms with van der Waals surface area (Å²) < 4.78 is 28.6. The Hall–Kier alpha value is -2.55. The van der Waals surface area contributed by atoms with Crippen LogP contribution in [-0.2, 0) is 14.4 Å². The minimum atomic E-state index is -0.635. The molecule has 0 radical (unpaired) electrons. The molecule has 1 aliphatic carbocycles. The molecule has 0 aromatic heterocycles. The van der Waals surface area contributed by atoms with Crippen molar-refractivity contribution in [1.82, 2.24) is 20.0 Å². The Balaban J connectivity index is 1.45. The highest BCUT2D eigenvalue weighted by molar-refractivity contribution is 5.87. The number of hydrogen-bond acceptors (Lipinski definition) is 4. The van der Waals surface area contributed by atoms with Gasteiger partial charge in [0.05, 0.1) is 5.92 Å². The molecular formula is C33H50F2N4O3. The van der Waals surface area contributed by atoms with Crippen molar-refractivity contribution in [1.29, 1.82) is 0 Å². The average Bonchev–Trinajstić information content (AvgIpc) is 3.34. The minimum absolute atomic E-state index is 0.0571. The van der Waals surface area contributed by atoms with E-state index in [2.05, 4.69) is 44.8 Å². The van der Waals surface area contributed by atoms with Crippen molar-refractivity contribution in [2.45, 2.75) is 104 Å². The van der Waals surface area contributed by atoms with Gasteiger partial charge in [-0.3, -0.25) is 19.3 Å². The molecule has 7 nitrogen and oxygen atoms in total. The van der Waals surface area contributed by atoms with Crippen molar-refractivity contribution in [3.63, 3.8) is 0 Å². The lowest BCUT2D eigenvalue weighted by atomic mass is 9.71. The fraction of sp³-hybridized carbons (Fsp3) is 0.727. The summed E-state index contributed by atoms with van der Waals surface area (Å²) in [5.74, 6) is -2.08. The van der Waals surface area contributed by atoms with Gasteiger partial charge in [0.2, 0.25) is 17.7 Å². The second-order valence-corrected chi connectivity index (χ2v) is 14.7.